The van der Waals surface area contributed by atoms with Gasteiger partial charge in [0, 0.05) is 73.6 Å². The zero-order chi connectivity index (χ0) is 35.1. The Labute approximate surface area is 297 Å². The highest BCUT2D eigenvalue weighted by molar-refractivity contribution is 5.89. The number of H-pyrrole nitrogens is 2. The molecule has 0 radical (unpaired) electrons. The summed E-state index contributed by atoms with van der Waals surface area (Å²) in [7, 11) is 0. The Morgan fingerprint density at radius 3 is 1.73 bits per heavy atom. The molecule has 13 nitrogen and oxygen atoms in total. The fourth-order valence-electron chi connectivity index (χ4n) is 11.2. The highest BCUT2D eigenvalue weighted by atomic mass is 16.6. The van der Waals surface area contributed by atoms with Gasteiger partial charge in [0.2, 0.25) is 5.91 Å². The van der Waals surface area contributed by atoms with E-state index in [0.29, 0.717) is 18.1 Å². The Morgan fingerprint density at radius 1 is 0.745 bits per heavy atom. The van der Waals surface area contributed by atoms with Gasteiger partial charge in [0.05, 0.1) is 10.8 Å². The van der Waals surface area contributed by atoms with Crippen LogP contribution in [0.25, 0.3) is 22.1 Å². The SMILES string of the molecule is C=CC(=O)N1CCC23CCN(c4ncnc5[nH]ccc45)C2CCC13.CC(C)(C)OC(=O)N1CCC23CCN(c4ncnc5[nH]ccc45)C2CCC13. The minimum absolute atomic E-state index is 0.0889. The van der Waals surface area contributed by atoms with Crippen molar-refractivity contribution in [3.05, 3.63) is 49.8 Å². The predicted octanol–water partition coefficient (Wildman–Crippen LogP) is 5.43. The van der Waals surface area contributed by atoms with Gasteiger partial charge < -0.3 is 34.3 Å². The monoisotopic (exact) mass is 692 g/mol. The Bertz CT molecular complexity index is 2000. The van der Waals surface area contributed by atoms with Gasteiger partial charge in [-0.2, -0.15) is 0 Å². The van der Waals surface area contributed by atoms with Crippen molar-refractivity contribution in [2.75, 3.05) is 36.0 Å². The number of hydrogen-bond acceptors (Lipinski definition) is 9. The van der Waals surface area contributed by atoms with Gasteiger partial charge in [-0.3, -0.25) is 4.79 Å². The number of carbonyl (C=O) groups excluding carboxylic acids is 2. The van der Waals surface area contributed by atoms with Crippen molar-refractivity contribution < 1.29 is 14.3 Å². The van der Waals surface area contributed by atoms with E-state index in [-0.39, 0.29) is 28.9 Å². The van der Waals surface area contributed by atoms with Gasteiger partial charge in [-0.25, -0.2) is 24.7 Å². The maximum Gasteiger partial charge on any atom is 0.410 e. The molecule has 51 heavy (non-hydrogen) atoms. The van der Waals surface area contributed by atoms with E-state index in [9.17, 15) is 9.59 Å². The number of aromatic amines is 2. The van der Waals surface area contributed by atoms with Crippen molar-refractivity contribution in [3.63, 3.8) is 0 Å². The van der Waals surface area contributed by atoms with Crippen molar-refractivity contribution in [1.29, 1.82) is 0 Å². The van der Waals surface area contributed by atoms with Gasteiger partial charge in [0.1, 0.15) is 41.2 Å². The van der Waals surface area contributed by atoms with Crippen molar-refractivity contribution in [3.8, 4) is 0 Å². The first-order valence-corrected chi connectivity index (χ1v) is 18.7. The molecule has 8 heterocycles. The molecule has 0 aromatic carbocycles. The van der Waals surface area contributed by atoms with Crippen LogP contribution in [0.3, 0.4) is 0 Å². The van der Waals surface area contributed by atoms with Crippen molar-refractivity contribution >= 4 is 45.7 Å². The number of nitrogens with one attached hydrogen (secondary N) is 2. The number of aromatic nitrogens is 6. The molecule has 6 fully saturated rings. The minimum atomic E-state index is -0.451. The number of nitrogens with zero attached hydrogens (tertiary/aromatic N) is 8. The average molecular weight is 693 g/mol. The molecule has 0 bridgehead atoms. The van der Waals surface area contributed by atoms with Gasteiger partial charge in [-0.15, -0.1) is 0 Å². The third-order valence-electron chi connectivity index (χ3n) is 13.2. The van der Waals surface area contributed by atoms with Crippen LogP contribution >= 0.6 is 0 Å². The molecule has 2 saturated carbocycles. The largest absolute Gasteiger partial charge is 0.444 e. The Balaban J connectivity index is 0.000000137. The predicted molar refractivity (Wildman–Crippen MR) is 194 cm³/mol. The van der Waals surface area contributed by atoms with Gasteiger partial charge >= 0.3 is 6.09 Å². The lowest BCUT2D eigenvalue weighted by Crippen LogP contribution is -2.44. The number of likely N-dealkylation sites (tertiary alicyclic amines) is 2. The maximum absolute atomic E-state index is 12.7. The maximum atomic E-state index is 12.7. The van der Waals surface area contributed by atoms with Crippen LogP contribution in [0.5, 0.6) is 0 Å². The smallest absolute Gasteiger partial charge is 0.410 e. The van der Waals surface area contributed by atoms with Gasteiger partial charge in [0.25, 0.3) is 0 Å². The average Bonchev–Trinajstić information content (AvgIpc) is 3.94. The Kier molecular flexibility index (Phi) is 7.38. The molecule has 2 amide bonds. The first-order valence-electron chi connectivity index (χ1n) is 18.7. The normalized spacial score (nSPS) is 30.7. The molecular weight excluding hydrogens is 644 g/mol. The third kappa shape index (κ3) is 4.86. The zero-order valence-corrected chi connectivity index (χ0v) is 29.8. The second kappa shape index (κ2) is 11.7. The summed E-state index contributed by atoms with van der Waals surface area (Å²) >= 11 is 0. The molecule has 6 aliphatic rings. The lowest BCUT2D eigenvalue weighted by Gasteiger charge is -2.34. The Morgan fingerprint density at radius 2 is 1.22 bits per heavy atom. The van der Waals surface area contributed by atoms with E-state index in [4.69, 9.17) is 4.74 Å². The minimum Gasteiger partial charge on any atom is -0.444 e. The summed E-state index contributed by atoms with van der Waals surface area (Å²) in [5, 5.41) is 2.18. The highest BCUT2D eigenvalue weighted by Gasteiger charge is 2.63. The molecule has 2 N–H and O–H groups in total. The van der Waals surface area contributed by atoms with E-state index < -0.39 is 5.60 Å². The van der Waals surface area contributed by atoms with Gasteiger partial charge in [0.15, 0.2) is 0 Å². The molecule has 4 saturated heterocycles. The number of carbonyl (C=O) groups is 2. The van der Waals surface area contributed by atoms with Crippen LogP contribution in [0.1, 0.15) is 72.1 Å². The molecule has 10 rings (SSSR count). The van der Waals surface area contributed by atoms with E-state index >= 15 is 0 Å². The molecule has 6 atom stereocenters. The van der Waals surface area contributed by atoms with Gasteiger partial charge in [-0.1, -0.05) is 6.58 Å². The topological polar surface area (TPSA) is 139 Å². The van der Waals surface area contributed by atoms with Gasteiger partial charge in [-0.05, 0) is 90.3 Å². The number of anilines is 2. The van der Waals surface area contributed by atoms with Crippen molar-refractivity contribution in [2.45, 2.75) is 102 Å². The summed E-state index contributed by atoms with van der Waals surface area (Å²) < 4.78 is 5.68. The summed E-state index contributed by atoms with van der Waals surface area (Å²) in [6, 6.07) is 5.67. The number of rotatable bonds is 3. The number of hydrogen-bond donors (Lipinski definition) is 2. The van der Waals surface area contributed by atoms with E-state index in [1.54, 1.807) is 12.7 Å². The second-order valence-electron chi connectivity index (χ2n) is 16.4. The van der Waals surface area contributed by atoms with E-state index in [0.717, 1.165) is 111 Å². The standard InChI is InChI=1S/C20H27N5O2.C18H21N5O/c1-19(2,3)27-18(26)25-11-8-20-7-10-24(14(20)4-5-15(20)25)17-13-6-9-21-16(13)22-12-23-17;1-2-15(24)22-9-6-18-7-10-23(14(18)4-3-13(18)22)17-12-5-8-19-16(12)20-11-21-17/h6,9,12,14-15H,4-5,7-8,10-11H2,1-3H3,(H,21,22,23);2,5,8,11,13-14H,1,3-4,6-7,9-10H2,(H,19,20,21). The van der Waals surface area contributed by atoms with Crippen LogP contribution in [-0.2, 0) is 9.53 Å². The molecule has 13 heteroatoms. The van der Waals surface area contributed by atoms with Crippen LogP contribution in [-0.4, -0.2) is 108 Å². The van der Waals surface area contributed by atoms with Crippen LogP contribution in [0.4, 0.5) is 16.4 Å². The summed E-state index contributed by atoms with van der Waals surface area (Å²) in [4.78, 5) is 58.2. The number of fused-ring (bicyclic) bond motifs is 2. The quantitative estimate of drug-likeness (QED) is 0.269. The summed E-state index contributed by atoms with van der Waals surface area (Å²) in [6.07, 6.45) is 17.2. The molecule has 4 aliphatic heterocycles. The first-order chi connectivity index (χ1) is 24.6. The first kappa shape index (κ1) is 32.2. The van der Waals surface area contributed by atoms with E-state index in [1.165, 1.54) is 6.08 Å². The number of ether oxygens (including phenoxy) is 1. The van der Waals surface area contributed by atoms with E-state index in [2.05, 4.69) is 63.3 Å². The summed E-state index contributed by atoms with van der Waals surface area (Å²) in [5.74, 6) is 2.16. The lowest BCUT2D eigenvalue weighted by molar-refractivity contribution is -0.127. The van der Waals surface area contributed by atoms with Crippen LogP contribution in [0, 0.1) is 10.8 Å². The van der Waals surface area contributed by atoms with Crippen LogP contribution in [0.15, 0.2) is 49.8 Å². The third-order valence-corrected chi connectivity index (χ3v) is 13.2. The summed E-state index contributed by atoms with van der Waals surface area (Å²) in [6.45, 7) is 13.1. The fourth-order valence-corrected chi connectivity index (χ4v) is 11.2. The molecule has 4 aromatic heterocycles. The van der Waals surface area contributed by atoms with Crippen molar-refractivity contribution in [1.82, 2.24) is 39.7 Å². The fraction of sp³-hybridized carbons (Fsp3) is 0.579. The van der Waals surface area contributed by atoms with E-state index in [1.807, 2.05) is 38.1 Å². The molecule has 268 valence electrons. The second-order valence-corrected chi connectivity index (χ2v) is 16.4. The lowest BCUT2D eigenvalue weighted by atomic mass is 9.79. The molecule has 2 spiro atoms. The van der Waals surface area contributed by atoms with Crippen molar-refractivity contribution in [2.24, 2.45) is 10.8 Å². The van der Waals surface area contributed by atoms with Crippen LogP contribution < -0.4 is 9.80 Å². The summed E-state index contributed by atoms with van der Waals surface area (Å²) in [5.41, 5.74) is 1.73. The Hall–Kier alpha value is -4.68. The van der Waals surface area contributed by atoms with Crippen LogP contribution in [0.2, 0.25) is 0 Å². The number of amides is 2. The highest BCUT2D eigenvalue weighted by Crippen LogP contribution is 2.59. The molecule has 6 unspecified atom stereocenters. The molecule has 2 aliphatic carbocycles. The molecular formula is C38H48N10O3. The molecule has 4 aromatic rings. The zero-order valence-electron chi connectivity index (χ0n) is 29.8.